The highest BCUT2D eigenvalue weighted by atomic mass is 16.6. The Labute approximate surface area is 165 Å². The summed E-state index contributed by atoms with van der Waals surface area (Å²) < 4.78 is 0. The molecule has 7 atom stereocenters. The molecule has 4 fully saturated rings. The van der Waals surface area contributed by atoms with E-state index in [4.69, 9.17) is 4.84 Å². The third-order valence-corrected chi connectivity index (χ3v) is 9.18. The summed E-state index contributed by atoms with van der Waals surface area (Å²) >= 11 is 0. The first-order chi connectivity index (χ1) is 12.8. The molecule has 0 heterocycles. The smallest absolute Gasteiger partial charge is 0.129 e. The molecule has 0 aromatic rings. The SMILES string of the molecule is CN(C)CCO/N=C1/CC[C@@H]2[C@@H]3CC[C@H]4C[C@H](O)CC[C@]4(C)[C@@H]3CC[C@@]12C. The molecule has 0 aromatic carbocycles. The molecule has 4 heteroatoms. The van der Waals surface area contributed by atoms with Crippen LogP contribution < -0.4 is 0 Å². The van der Waals surface area contributed by atoms with Gasteiger partial charge in [0.15, 0.2) is 0 Å². The molecular weight excluding hydrogens is 336 g/mol. The van der Waals surface area contributed by atoms with Crippen molar-refractivity contribution in [2.75, 3.05) is 27.2 Å². The van der Waals surface area contributed by atoms with Gasteiger partial charge in [0.05, 0.1) is 11.8 Å². The fourth-order valence-corrected chi connectivity index (χ4v) is 7.52. The third kappa shape index (κ3) is 3.35. The summed E-state index contributed by atoms with van der Waals surface area (Å²) in [5, 5.41) is 14.8. The van der Waals surface area contributed by atoms with Gasteiger partial charge in [-0.2, -0.15) is 0 Å². The standard InChI is InChI=1S/C23H40N2O2/c1-22-11-9-17(26)15-16(22)5-6-18-19-7-8-21(24-27-14-13-25(3)4)23(19,2)12-10-20(18)22/h16-20,26H,5-15H2,1-4H3/b24-21-/t16-,17+,18-,19+,20+,22-,23+/m0/s1. The van der Waals surface area contributed by atoms with Crippen LogP contribution >= 0.6 is 0 Å². The van der Waals surface area contributed by atoms with Gasteiger partial charge in [-0.05, 0) is 101 Å². The Morgan fingerprint density at radius 1 is 1.07 bits per heavy atom. The van der Waals surface area contributed by atoms with Crippen LogP contribution in [0.2, 0.25) is 0 Å². The Morgan fingerprint density at radius 3 is 2.67 bits per heavy atom. The molecule has 0 aromatic heterocycles. The molecule has 154 valence electrons. The predicted octanol–water partition coefficient (Wildman–Crippen LogP) is 4.32. The lowest BCUT2D eigenvalue weighted by Gasteiger charge is -2.60. The number of aliphatic hydroxyl groups is 1. The molecular formula is C23H40N2O2. The van der Waals surface area contributed by atoms with Crippen molar-refractivity contribution < 1.29 is 9.94 Å². The Hall–Kier alpha value is -0.610. The highest BCUT2D eigenvalue weighted by molar-refractivity contribution is 5.92. The van der Waals surface area contributed by atoms with Crippen molar-refractivity contribution in [1.82, 2.24) is 4.90 Å². The predicted molar refractivity (Wildman–Crippen MR) is 110 cm³/mol. The van der Waals surface area contributed by atoms with Crippen LogP contribution in [0, 0.1) is 34.5 Å². The van der Waals surface area contributed by atoms with E-state index >= 15 is 0 Å². The summed E-state index contributed by atoms with van der Waals surface area (Å²) in [5.74, 6) is 3.25. The van der Waals surface area contributed by atoms with E-state index in [-0.39, 0.29) is 11.5 Å². The van der Waals surface area contributed by atoms with Crippen molar-refractivity contribution in [3.8, 4) is 0 Å². The number of hydrogen-bond donors (Lipinski definition) is 1. The molecule has 0 aliphatic heterocycles. The van der Waals surface area contributed by atoms with Crippen LogP contribution in [0.4, 0.5) is 0 Å². The highest BCUT2D eigenvalue weighted by Crippen LogP contribution is 2.65. The lowest BCUT2D eigenvalue weighted by atomic mass is 9.45. The topological polar surface area (TPSA) is 45.1 Å². The van der Waals surface area contributed by atoms with Crippen LogP contribution in [0.5, 0.6) is 0 Å². The molecule has 4 aliphatic rings. The largest absolute Gasteiger partial charge is 0.394 e. The first-order valence-corrected chi connectivity index (χ1v) is 11.4. The zero-order chi connectivity index (χ0) is 19.2. The number of oxime groups is 1. The van der Waals surface area contributed by atoms with E-state index in [2.05, 4.69) is 38.0 Å². The monoisotopic (exact) mass is 376 g/mol. The van der Waals surface area contributed by atoms with Gasteiger partial charge in [-0.3, -0.25) is 0 Å². The maximum Gasteiger partial charge on any atom is 0.129 e. The van der Waals surface area contributed by atoms with Crippen molar-refractivity contribution in [3.63, 3.8) is 0 Å². The highest BCUT2D eigenvalue weighted by Gasteiger charge is 2.59. The molecule has 0 amide bonds. The maximum absolute atomic E-state index is 10.2. The molecule has 0 radical (unpaired) electrons. The van der Waals surface area contributed by atoms with Gasteiger partial charge in [-0.1, -0.05) is 19.0 Å². The van der Waals surface area contributed by atoms with Crippen molar-refractivity contribution in [1.29, 1.82) is 0 Å². The third-order valence-electron chi connectivity index (χ3n) is 9.18. The lowest BCUT2D eigenvalue weighted by Crippen LogP contribution is -2.54. The second-order valence-electron chi connectivity index (χ2n) is 10.8. The zero-order valence-corrected chi connectivity index (χ0v) is 17.9. The summed E-state index contributed by atoms with van der Waals surface area (Å²) in [6.07, 6.45) is 11.0. The lowest BCUT2D eigenvalue weighted by molar-refractivity contribution is -0.114. The number of fused-ring (bicyclic) bond motifs is 5. The van der Waals surface area contributed by atoms with Gasteiger partial charge < -0.3 is 14.8 Å². The quantitative estimate of drug-likeness (QED) is 0.587. The Balaban J connectivity index is 1.48. The minimum Gasteiger partial charge on any atom is -0.394 e. The molecule has 0 spiro atoms. The van der Waals surface area contributed by atoms with E-state index in [1.807, 2.05) is 0 Å². The van der Waals surface area contributed by atoms with E-state index in [1.54, 1.807) is 0 Å². The van der Waals surface area contributed by atoms with Crippen LogP contribution in [-0.2, 0) is 4.84 Å². The van der Waals surface area contributed by atoms with E-state index in [1.165, 1.54) is 44.2 Å². The van der Waals surface area contributed by atoms with Crippen molar-refractivity contribution in [3.05, 3.63) is 0 Å². The average Bonchev–Trinajstić information content (AvgIpc) is 2.96. The Bertz CT molecular complexity index is 577. The summed E-state index contributed by atoms with van der Waals surface area (Å²) in [4.78, 5) is 7.86. The first kappa shape index (κ1) is 19.7. The number of nitrogens with zero attached hydrogens (tertiary/aromatic N) is 2. The minimum absolute atomic E-state index is 0.0435. The van der Waals surface area contributed by atoms with E-state index in [0.29, 0.717) is 12.0 Å². The fourth-order valence-electron chi connectivity index (χ4n) is 7.52. The molecule has 0 saturated heterocycles. The van der Waals surface area contributed by atoms with Crippen LogP contribution in [0.25, 0.3) is 0 Å². The van der Waals surface area contributed by atoms with E-state index in [0.717, 1.165) is 49.5 Å². The first-order valence-electron chi connectivity index (χ1n) is 11.4. The number of rotatable bonds is 4. The van der Waals surface area contributed by atoms with E-state index in [9.17, 15) is 5.11 Å². The van der Waals surface area contributed by atoms with Gasteiger partial charge in [0.25, 0.3) is 0 Å². The average molecular weight is 377 g/mol. The normalized spacial score (nSPS) is 48.2. The van der Waals surface area contributed by atoms with Crippen LogP contribution in [0.3, 0.4) is 0 Å². The molecule has 0 unspecified atom stereocenters. The van der Waals surface area contributed by atoms with E-state index < -0.39 is 0 Å². The van der Waals surface area contributed by atoms with Gasteiger partial charge >= 0.3 is 0 Å². The summed E-state index contributed by atoms with van der Waals surface area (Å²) in [5.41, 5.74) is 2.07. The fraction of sp³-hybridized carbons (Fsp3) is 0.957. The van der Waals surface area contributed by atoms with Crippen LogP contribution in [0.1, 0.15) is 71.6 Å². The molecule has 4 rings (SSSR count). The number of likely N-dealkylation sites (N-methyl/N-ethyl adjacent to an activating group) is 1. The maximum atomic E-state index is 10.2. The molecule has 0 bridgehead atoms. The number of aliphatic hydroxyl groups excluding tert-OH is 1. The van der Waals surface area contributed by atoms with Gasteiger partial charge in [-0.25, -0.2) is 0 Å². The zero-order valence-electron chi connectivity index (χ0n) is 17.9. The van der Waals surface area contributed by atoms with Crippen LogP contribution in [-0.4, -0.2) is 49.1 Å². The summed E-state index contributed by atoms with van der Waals surface area (Å²) in [6, 6.07) is 0. The second kappa shape index (κ2) is 7.33. The molecule has 1 N–H and O–H groups in total. The van der Waals surface area contributed by atoms with Crippen molar-refractivity contribution >= 4 is 5.71 Å². The van der Waals surface area contributed by atoms with Crippen LogP contribution in [0.15, 0.2) is 5.16 Å². The molecule has 27 heavy (non-hydrogen) atoms. The van der Waals surface area contributed by atoms with Crippen molar-refractivity contribution in [2.24, 2.45) is 39.7 Å². The molecule has 4 aliphatic carbocycles. The van der Waals surface area contributed by atoms with Gasteiger partial charge in [0, 0.05) is 12.0 Å². The van der Waals surface area contributed by atoms with Crippen molar-refractivity contribution in [2.45, 2.75) is 77.7 Å². The summed E-state index contributed by atoms with van der Waals surface area (Å²) in [6.45, 7) is 6.66. The molecule has 4 nitrogen and oxygen atoms in total. The Morgan fingerprint density at radius 2 is 1.89 bits per heavy atom. The van der Waals surface area contributed by atoms with Gasteiger partial charge in [0.2, 0.25) is 0 Å². The minimum atomic E-state index is -0.0435. The second-order valence-corrected chi connectivity index (χ2v) is 10.8. The molecule has 4 saturated carbocycles. The van der Waals surface area contributed by atoms with Gasteiger partial charge in [-0.15, -0.1) is 0 Å². The summed E-state index contributed by atoms with van der Waals surface area (Å²) in [7, 11) is 4.15. The van der Waals surface area contributed by atoms with Gasteiger partial charge in [0.1, 0.15) is 6.61 Å². The number of hydrogen-bond acceptors (Lipinski definition) is 4. The Kier molecular flexibility index (Phi) is 5.35.